The van der Waals surface area contributed by atoms with Crippen molar-refractivity contribution in [2.75, 3.05) is 24.5 Å². The number of benzene rings is 3. The second-order valence-corrected chi connectivity index (χ2v) is 10.7. The monoisotopic (exact) mass is 515 g/mol. The molecule has 1 atom stereocenters. The summed E-state index contributed by atoms with van der Waals surface area (Å²) in [6, 6.07) is 24.3. The Morgan fingerprint density at radius 1 is 0.919 bits per heavy atom. The van der Waals surface area contributed by atoms with Gasteiger partial charge in [-0.15, -0.1) is 0 Å². The Hall–Kier alpha value is -3.31. The van der Waals surface area contributed by atoms with Crippen LogP contribution in [0.5, 0.6) is 0 Å². The van der Waals surface area contributed by atoms with Gasteiger partial charge in [-0.25, -0.2) is 0 Å². The highest BCUT2D eigenvalue weighted by molar-refractivity contribution is 6.30. The lowest BCUT2D eigenvalue weighted by Crippen LogP contribution is -2.51. The molecule has 2 heterocycles. The quantitative estimate of drug-likeness (QED) is 0.472. The van der Waals surface area contributed by atoms with Gasteiger partial charge in [-0.3, -0.25) is 9.59 Å². The third kappa shape index (κ3) is 5.99. The second-order valence-electron chi connectivity index (χ2n) is 10.2. The van der Waals surface area contributed by atoms with Gasteiger partial charge in [-0.1, -0.05) is 71.8 Å². The average Bonchev–Trinajstić information content (AvgIpc) is 3.29. The zero-order valence-corrected chi connectivity index (χ0v) is 22.1. The molecule has 1 saturated heterocycles. The summed E-state index contributed by atoms with van der Waals surface area (Å²) in [6.45, 7) is 4.61. The number of hydrogen-bond donors (Lipinski definition) is 1. The van der Waals surface area contributed by atoms with Gasteiger partial charge in [0.1, 0.15) is 6.04 Å². The summed E-state index contributed by atoms with van der Waals surface area (Å²) >= 11 is 6.08. The molecule has 2 amide bonds. The molecule has 0 bridgehead atoms. The van der Waals surface area contributed by atoms with Crippen LogP contribution in [-0.4, -0.2) is 42.4 Å². The van der Waals surface area contributed by atoms with Crippen molar-refractivity contribution in [3.8, 4) is 0 Å². The Balaban J connectivity index is 1.16. The normalized spacial score (nSPS) is 17.5. The molecule has 0 aromatic heterocycles. The fourth-order valence-corrected chi connectivity index (χ4v) is 5.58. The number of nitrogens with zero attached hydrogens (tertiary/aromatic N) is 2. The van der Waals surface area contributed by atoms with Crippen LogP contribution in [0.2, 0.25) is 5.02 Å². The SMILES string of the molecule is Cc1ccc(CCNC(=O)C2CCN(C(=O)C3Cc4ccccc4N3Cc3ccc(Cl)cc3)CC2)cc1. The zero-order chi connectivity index (χ0) is 25.8. The molecular formula is C31H34ClN3O2. The van der Waals surface area contributed by atoms with Crippen molar-refractivity contribution in [2.45, 2.75) is 45.2 Å². The minimum atomic E-state index is -0.229. The van der Waals surface area contributed by atoms with Gasteiger partial charge in [-0.05, 0) is 61.1 Å². The van der Waals surface area contributed by atoms with Crippen molar-refractivity contribution in [2.24, 2.45) is 5.92 Å². The van der Waals surface area contributed by atoms with Crippen molar-refractivity contribution in [3.63, 3.8) is 0 Å². The first-order chi connectivity index (χ1) is 18.0. The van der Waals surface area contributed by atoms with E-state index in [1.54, 1.807) is 0 Å². The molecule has 2 aliphatic heterocycles. The highest BCUT2D eigenvalue weighted by Crippen LogP contribution is 2.35. The number of anilines is 1. The molecule has 5 nitrogen and oxygen atoms in total. The Labute approximate surface area is 224 Å². The Bertz CT molecular complexity index is 1230. The molecule has 6 heteroatoms. The van der Waals surface area contributed by atoms with Crippen molar-refractivity contribution in [1.82, 2.24) is 10.2 Å². The number of aryl methyl sites for hydroxylation is 1. The summed E-state index contributed by atoms with van der Waals surface area (Å²) in [5.41, 5.74) is 5.92. The maximum atomic E-state index is 13.7. The van der Waals surface area contributed by atoms with Crippen LogP contribution in [0.25, 0.3) is 0 Å². The smallest absolute Gasteiger partial charge is 0.245 e. The average molecular weight is 516 g/mol. The molecule has 37 heavy (non-hydrogen) atoms. The number of hydrogen-bond acceptors (Lipinski definition) is 3. The van der Waals surface area contributed by atoms with Gasteiger partial charge in [0.2, 0.25) is 11.8 Å². The van der Waals surface area contributed by atoms with Crippen LogP contribution >= 0.6 is 11.6 Å². The molecule has 5 rings (SSSR count). The lowest BCUT2D eigenvalue weighted by Gasteiger charge is -2.36. The van der Waals surface area contributed by atoms with E-state index in [4.69, 9.17) is 11.6 Å². The molecule has 1 fully saturated rings. The maximum Gasteiger partial charge on any atom is 0.245 e. The van der Waals surface area contributed by atoms with Gasteiger partial charge in [0.15, 0.2) is 0 Å². The standard InChI is InChI=1S/C31H34ClN3O2/c1-22-6-8-23(9-7-22)14-17-33-30(36)25-15-18-34(19-16-25)31(37)29-20-26-4-2-3-5-28(26)35(29)21-24-10-12-27(32)13-11-24/h2-13,25,29H,14-21H2,1H3,(H,33,36). The number of likely N-dealkylation sites (tertiary alicyclic amines) is 1. The summed E-state index contributed by atoms with van der Waals surface area (Å²) < 4.78 is 0. The van der Waals surface area contributed by atoms with E-state index in [1.165, 1.54) is 16.7 Å². The fourth-order valence-electron chi connectivity index (χ4n) is 5.45. The Kier molecular flexibility index (Phi) is 7.80. The van der Waals surface area contributed by atoms with E-state index in [1.807, 2.05) is 41.3 Å². The molecule has 0 radical (unpaired) electrons. The van der Waals surface area contributed by atoms with E-state index in [2.05, 4.69) is 53.5 Å². The molecule has 0 saturated carbocycles. The number of piperidine rings is 1. The first-order valence-electron chi connectivity index (χ1n) is 13.2. The summed E-state index contributed by atoms with van der Waals surface area (Å²) in [5, 5.41) is 3.81. The number of amides is 2. The molecule has 2 aliphatic rings. The third-order valence-corrected chi connectivity index (χ3v) is 7.90. The predicted octanol–water partition coefficient (Wildman–Crippen LogP) is 5.18. The number of halogens is 1. The fraction of sp³-hybridized carbons (Fsp3) is 0.355. The molecule has 3 aromatic carbocycles. The van der Waals surface area contributed by atoms with Crippen LogP contribution in [0.1, 0.15) is 35.1 Å². The van der Waals surface area contributed by atoms with Gasteiger partial charge >= 0.3 is 0 Å². The zero-order valence-electron chi connectivity index (χ0n) is 21.3. The minimum absolute atomic E-state index is 0.0342. The topological polar surface area (TPSA) is 52.7 Å². The van der Waals surface area contributed by atoms with Gasteiger partial charge in [0.25, 0.3) is 0 Å². The Morgan fingerprint density at radius 2 is 1.59 bits per heavy atom. The third-order valence-electron chi connectivity index (χ3n) is 7.65. The van der Waals surface area contributed by atoms with Crippen molar-refractivity contribution >= 4 is 29.1 Å². The van der Waals surface area contributed by atoms with Crippen LogP contribution in [0.4, 0.5) is 5.69 Å². The van der Waals surface area contributed by atoms with Crippen molar-refractivity contribution in [1.29, 1.82) is 0 Å². The van der Waals surface area contributed by atoms with E-state index in [9.17, 15) is 9.59 Å². The largest absolute Gasteiger partial charge is 0.356 e. The molecule has 1 unspecified atom stereocenters. The van der Waals surface area contributed by atoms with Gasteiger partial charge < -0.3 is 15.1 Å². The minimum Gasteiger partial charge on any atom is -0.356 e. The number of carbonyl (C=O) groups excluding carboxylic acids is 2. The highest BCUT2D eigenvalue weighted by atomic mass is 35.5. The van der Waals surface area contributed by atoms with Gasteiger partial charge in [0, 0.05) is 49.2 Å². The van der Waals surface area contributed by atoms with E-state index in [-0.39, 0.29) is 23.8 Å². The van der Waals surface area contributed by atoms with Crippen LogP contribution in [0.3, 0.4) is 0 Å². The van der Waals surface area contributed by atoms with E-state index in [0.29, 0.717) is 50.5 Å². The molecule has 192 valence electrons. The molecule has 0 aliphatic carbocycles. The number of rotatable bonds is 7. The van der Waals surface area contributed by atoms with Crippen LogP contribution in [-0.2, 0) is 29.0 Å². The summed E-state index contributed by atoms with van der Waals surface area (Å²) in [6.07, 6.45) is 2.95. The van der Waals surface area contributed by atoms with Crippen LogP contribution in [0.15, 0.2) is 72.8 Å². The van der Waals surface area contributed by atoms with Crippen LogP contribution < -0.4 is 10.2 Å². The van der Waals surface area contributed by atoms with Crippen molar-refractivity contribution in [3.05, 3.63) is 100 Å². The lowest BCUT2D eigenvalue weighted by atomic mass is 9.95. The molecule has 0 spiro atoms. The van der Waals surface area contributed by atoms with E-state index in [0.717, 1.165) is 17.7 Å². The first kappa shape index (κ1) is 25.3. The number of carbonyl (C=O) groups is 2. The lowest BCUT2D eigenvalue weighted by molar-refractivity contribution is -0.136. The van der Waals surface area contributed by atoms with Gasteiger partial charge in [0.05, 0.1) is 0 Å². The second kappa shape index (κ2) is 11.4. The first-order valence-corrected chi connectivity index (χ1v) is 13.6. The molecular weight excluding hydrogens is 482 g/mol. The molecule has 1 N–H and O–H groups in total. The van der Waals surface area contributed by atoms with Crippen LogP contribution in [0, 0.1) is 12.8 Å². The summed E-state index contributed by atoms with van der Waals surface area (Å²) in [5.74, 6) is 0.230. The maximum absolute atomic E-state index is 13.7. The summed E-state index contributed by atoms with van der Waals surface area (Å²) in [4.78, 5) is 30.7. The van der Waals surface area contributed by atoms with E-state index < -0.39 is 0 Å². The molecule has 3 aromatic rings. The number of nitrogens with one attached hydrogen (secondary N) is 1. The predicted molar refractivity (Wildman–Crippen MR) is 149 cm³/mol. The number of para-hydroxylation sites is 1. The van der Waals surface area contributed by atoms with E-state index >= 15 is 0 Å². The van der Waals surface area contributed by atoms with Crippen molar-refractivity contribution < 1.29 is 9.59 Å². The van der Waals surface area contributed by atoms with Gasteiger partial charge in [-0.2, -0.15) is 0 Å². The highest BCUT2D eigenvalue weighted by Gasteiger charge is 2.38. The Morgan fingerprint density at radius 3 is 2.32 bits per heavy atom. The number of fused-ring (bicyclic) bond motifs is 1. The summed E-state index contributed by atoms with van der Waals surface area (Å²) in [7, 11) is 0.